The second-order valence-electron chi connectivity index (χ2n) is 13.6. The van der Waals surface area contributed by atoms with E-state index < -0.39 is 5.41 Å². The molecule has 4 aliphatic carbocycles. The Bertz CT molecular complexity index is 1150. The van der Waals surface area contributed by atoms with Crippen LogP contribution >= 0.6 is 0 Å². The predicted molar refractivity (Wildman–Crippen MR) is 156 cm³/mol. The molecule has 1 aromatic carbocycles. The fourth-order valence-electron chi connectivity index (χ4n) is 7.87. The number of rotatable bonds is 10. The van der Waals surface area contributed by atoms with Crippen LogP contribution in [-0.4, -0.2) is 50.7 Å². The molecule has 0 aliphatic heterocycles. The number of benzene rings is 1. The van der Waals surface area contributed by atoms with Crippen molar-refractivity contribution in [3.05, 3.63) is 23.3 Å². The maximum Gasteiger partial charge on any atom is 0.311 e. The molecule has 0 heterocycles. The van der Waals surface area contributed by atoms with E-state index >= 15 is 0 Å². The lowest BCUT2D eigenvalue weighted by atomic mass is 9.70. The summed E-state index contributed by atoms with van der Waals surface area (Å²) in [6.07, 6.45) is 10.2. The van der Waals surface area contributed by atoms with Crippen LogP contribution in [-0.2, 0) is 20.7 Å². The number of carbonyl (C=O) groups excluding carboxylic acids is 3. The highest BCUT2D eigenvalue weighted by molar-refractivity contribution is 5.98. The van der Waals surface area contributed by atoms with Gasteiger partial charge in [0.05, 0.1) is 37.2 Å². The predicted octanol–water partition coefficient (Wildman–Crippen LogP) is 5.21. The van der Waals surface area contributed by atoms with Gasteiger partial charge in [-0.05, 0) is 106 Å². The number of ether oxygens (including phenoxy) is 3. The summed E-state index contributed by atoms with van der Waals surface area (Å²) in [6.45, 7) is 6.95. The molecule has 4 saturated carbocycles. The van der Waals surface area contributed by atoms with Crippen molar-refractivity contribution in [1.82, 2.24) is 10.6 Å². The topological polar surface area (TPSA) is 103 Å². The zero-order valence-electron chi connectivity index (χ0n) is 25.5. The Morgan fingerprint density at radius 1 is 0.976 bits per heavy atom. The van der Waals surface area contributed by atoms with Crippen molar-refractivity contribution in [2.45, 2.75) is 104 Å². The first-order valence-electron chi connectivity index (χ1n) is 15.6. The molecule has 5 rings (SSSR count). The normalized spacial score (nSPS) is 31.6. The number of methoxy groups -OCH3 is 2. The highest BCUT2D eigenvalue weighted by Gasteiger charge is 2.52. The van der Waals surface area contributed by atoms with Crippen molar-refractivity contribution in [1.29, 1.82) is 0 Å². The molecule has 4 aliphatic rings. The average Bonchev–Trinajstić information content (AvgIpc) is 3.57. The highest BCUT2D eigenvalue weighted by atomic mass is 16.5. The number of amides is 2. The molecule has 2 bridgehead atoms. The van der Waals surface area contributed by atoms with E-state index in [0.29, 0.717) is 54.7 Å². The van der Waals surface area contributed by atoms with E-state index in [1.807, 2.05) is 19.9 Å². The molecule has 8 nitrogen and oxygen atoms in total. The molecule has 0 spiro atoms. The van der Waals surface area contributed by atoms with E-state index in [2.05, 4.69) is 17.6 Å². The summed E-state index contributed by atoms with van der Waals surface area (Å²) in [4.78, 5) is 39.5. The zero-order chi connectivity index (χ0) is 29.4. The number of carbonyl (C=O) groups is 3. The summed E-state index contributed by atoms with van der Waals surface area (Å²) < 4.78 is 17.2. The number of aryl methyl sites for hydroxylation is 1. The number of nitrogens with one attached hydrogen (secondary N) is 2. The van der Waals surface area contributed by atoms with E-state index in [1.165, 1.54) is 13.5 Å². The van der Waals surface area contributed by atoms with E-state index in [4.69, 9.17) is 14.2 Å². The summed E-state index contributed by atoms with van der Waals surface area (Å²) in [5.41, 5.74) is 1.09. The van der Waals surface area contributed by atoms with Crippen molar-refractivity contribution < 1.29 is 28.6 Å². The molecule has 0 saturated heterocycles. The Kier molecular flexibility index (Phi) is 8.58. The second kappa shape index (κ2) is 11.8. The van der Waals surface area contributed by atoms with Gasteiger partial charge < -0.3 is 24.8 Å². The fraction of sp³-hybridized carbons (Fsp3) is 0.727. The molecular formula is C33H48N2O6. The molecule has 4 fully saturated rings. The Labute approximate surface area is 244 Å². The van der Waals surface area contributed by atoms with Gasteiger partial charge >= 0.3 is 5.97 Å². The van der Waals surface area contributed by atoms with Gasteiger partial charge in [-0.3, -0.25) is 14.4 Å². The third-order valence-electron chi connectivity index (χ3n) is 10.8. The van der Waals surface area contributed by atoms with Crippen LogP contribution in [0.4, 0.5) is 0 Å². The maximum atomic E-state index is 13.9. The molecule has 0 radical (unpaired) electrons. The molecule has 41 heavy (non-hydrogen) atoms. The lowest BCUT2D eigenvalue weighted by Gasteiger charge is -2.39. The van der Waals surface area contributed by atoms with Crippen molar-refractivity contribution in [3.8, 4) is 11.5 Å². The van der Waals surface area contributed by atoms with E-state index in [0.717, 1.165) is 50.5 Å². The molecular weight excluding hydrogens is 520 g/mol. The first kappa shape index (κ1) is 29.7. The summed E-state index contributed by atoms with van der Waals surface area (Å²) in [6, 6.07) is 3.56. The van der Waals surface area contributed by atoms with Gasteiger partial charge in [-0.15, -0.1) is 0 Å². The highest BCUT2D eigenvalue weighted by Crippen LogP contribution is 2.49. The second-order valence-corrected chi connectivity index (χ2v) is 13.6. The first-order valence-corrected chi connectivity index (χ1v) is 15.6. The minimum absolute atomic E-state index is 0.0436. The summed E-state index contributed by atoms with van der Waals surface area (Å²) in [5, 5.41) is 6.53. The Hall–Kier alpha value is -2.77. The monoisotopic (exact) mass is 568 g/mol. The molecule has 8 heteroatoms. The van der Waals surface area contributed by atoms with E-state index in [9.17, 15) is 14.4 Å². The van der Waals surface area contributed by atoms with Gasteiger partial charge in [0.25, 0.3) is 5.91 Å². The van der Waals surface area contributed by atoms with Gasteiger partial charge in [-0.25, -0.2) is 0 Å². The zero-order valence-corrected chi connectivity index (χ0v) is 25.5. The number of esters is 1. The van der Waals surface area contributed by atoms with Crippen molar-refractivity contribution in [3.63, 3.8) is 0 Å². The van der Waals surface area contributed by atoms with Crippen LogP contribution in [0, 0.1) is 28.6 Å². The van der Waals surface area contributed by atoms with Gasteiger partial charge in [0.1, 0.15) is 11.5 Å². The first-order chi connectivity index (χ1) is 19.6. The smallest absolute Gasteiger partial charge is 0.311 e. The average molecular weight is 569 g/mol. The Balaban J connectivity index is 1.30. The molecule has 2 amide bonds. The van der Waals surface area contributed by atoms with Crippen LogP contribution in [0.5, 0.6) is 11.5 Å². The van der Waals surface area contributed by atoms with Gasteiger partial charge in [-0.2, -0.15) is 0 Å². The van der Waals surface area contributed by atoms with E-state index in [1.54, 1.807) is 13.2 Å². The quantitative estimate of drug-likeness (QED) is 0.376. The fourth-order valence-corrected chi connectivity index (χ4v) is 7.87. The number of hydrogen-bond acceptors (Lipinski definition) is 6. The van der Waals surface area contributed by atoms with Gasteiger partial charge in [-0.1, -0.05) is 20.3 Å². The van der Waals surface area contributed by atoms with Crippen molar-refractivity contribution in [2.75, 3.05) is 20.8 Å². The third kappa shape index (κ3) is 5.94. The molecule has 1 aromatic rings. The van der Waals surface area contributed by atoms with Gasteiger partial charge in [0.15, 0.2) is 0 Å². The lowest BCUT2D eigenvalue weighted by Crippen LogP contribution is -2.51. The molecule has 0 unspecified atom stereocenters. The van der Waals surface area contributed by atoms with Crippen molar-refractivity contribution >= 4 is 17.8 Å². The lowest BCUT2D eigenvalue weighted by molar-refractivity contribution is -0.154. The van der Waals surface area contributed by atoms with Gasteiger partial charge in [0, 0.05) is 12.6 Å². The maximum absolute atomic E-state index is 13.9. The van der Waals surface area contributed by atoms with Crippen LogP contribution in [0.3, 0.4) is 0 Å². The number of hydrogen-bond donors (Lipinski definition) is 2. The van der Waals surface area contributed by atoms with Crippen LogP contribution in [0.1, 0.15) is 101 Å². The van der Waals surface area contributed by atoms with Crippen LogP contribution in [0.2, 0.25) is 0 Å². The molecule has 226 valence electrons. The van der Waals surface area contributed by atoms with Crippen LogP contribution in [0.25, 0.3) is 0 Å². The van der Waals surface area contributed by atoms with Crippen LogP contribution in [0.15, 0.2) is 12.1 Å². The van der Waals surface area contributed by atoms with Crippen LogP contribution < -0.4 is 20.1 Å². The summed E-state index contributed by atoms with van der Waals surface area (Å²) in [5.74, 6) is 1.35. The molecule has 2 N–H and O–H groups in total. The van der Waals surface area contributed by atoms with Gasteiger partial charge in [0.2, 0.25) is 5.91 Å². The molecule has 0 aromatic heterocycles. The minimum Gasteiger partial charge on any atom is -0.496 e. The van der Waals surface area contributed by atoms with E-state index in [-0.39, 0.29) is 41.3 Å². The Morgan fingerprint density at radius 2 is 1.68 bits per heavy atom. The standard InChI is InChI=1S/C33H48N2O6/c1-6-20-17-24(41-23-10-14-33(3,15-11-23)31(38)40-5)18-25(28(20)39-4)29(36)35-27-22-9-8-21(16-22)26(27)30(37)34-19-32(2)12-7-13-32/h17-18,21-23,26-27H,6-16,19H2,1-5H3,(H,34,37)(H,35,36)/t21-,22+,23-,26+,27-,33+/m1/s1. The third-order valence-corrected chi connectivity index (χ3v) is 10.8. The summed E-state index contributed by atoms with van der Waals surface area (Å²) >= 11 is 0. The number of fused-ring (bicyclic) bond motifs is 2. The summed E-state index contributed by atoms with van der Waals surface area (Å²) in [7, 11) is 3.03. The Morgan fingerprint density at radius 3 is 2.29 bits per heavy atom. The largest absolute Gasteiger partial charge is 0.496 e. The molecule has 4 atom stereocenters. The van der Waals surface area contributed by atoms with Crippen molar-refractivity contribution in [2.24, 2.45) is 28.6 Å². The minimum atomic E-state index is -0.479. The SMILES string of the molecule is CCc1cc(O[C@H]2CC[C@@](C)(C(=O)OC)CC2)cc(C(=O)N[C@@H]2[C@H]3CC[C@H](C3)[C@@H]2C(=O)NCC2(C)CCC2)c1OC.